The molecule has 0 radical (unpaired) electrons. The normalized spacial score (nSPS) is 10.2. The summed E-state index contributed by atoms with van der Waals surface area (Å²) in [6.45, 7) is 0.509. The van der Waals surface area contributed by atoms with Gasteiger partial charge in [-0.3, -0.25) is 0 Å². The van der Waals surface area contributed by atoms with Gasteiger partial charge in [0.05, 0.1) is 14.2 Å². The summed E-state index contributed by atoms with van der Waals surface area (Å²) in [4.78, 5) is 0. The maximum absolute atomic E-state index is 9.90. The molecule has 20 heavy (non-hydrogen) atoms. The molecule has 0 unspecified atom stereocenters. The van der Waals surface area contributed by atoms with Gasteiger partial charge in [-0.25, -0.2) is 0 Å². The number of hydrogen-bond donors (Lipinski definition) is 2. The summed E-state index contributed by atoms with van der Waals surface area (Å²) in [7, 11) is 3.20. The van der Waals surface area contributed by atoms with E-state index in [-0.39, 0.29) is 5.75 Å². The topological polar surface area (TPSA) is 50.7 Å². The van der Waals surface area contributed by atoms with Gasteiger partial charge in [-0.05, 0) is 24.3 Å². The highest BCUT2D eigenvalue weighted by molar-refractivity contribution is 9.10. The van der Waals surface area contributed by atoms with E-state index >= 15 is 0 Å². The second-order valence-corrected chi connectivity index (χ2v) is 5.14. The van der Waals surface area contributed by atoms with Crippen molar-refractivity contribution in [3.63, 3.8) is 0 Å². The maximum Gasteiger partial charge on any atom is 0.124 e. The van der Waals surface area contributed by atoms with Crippen LogP contribution in [0.2, 0.25) is 0 Å². The Morgan fingerprint density at radius 1 is 1.05 bits per heavy atom. The van der Waals surface area contributed by atoms with Crippen LogP contribution in [0.3, 0.4) is 0 Å². The first-order valence-electron chi connectivity index (χ1n) is 6.06. The van der Waals surface area contributed by atoms with Crippen LogP contribution in [0.1, 0.15) is 5.56 Å². The lowest BCUT2D eigenvalue weighted by Gasteiger charge is -2.11. The van der Waals surface area contributed by atoms with Crippen molar-refractivity contribution in [2.45, 2.75) is 6.54 Å². The molecule has 0 bridgehead atoms. The molecule has 2 aromatic carbocycles. The molecule has 4 nitrogen and oxygen atoms in total. The van der Waals surface area contributed by atoms with Gasteiger partial charge in [-0.2, -0.15) is 0 Å². The Hall–Kier alpha value is -1.88. The summed E-state index contributed by atoms with van der Waals surface area (Å²) in [5.74, 6) is 1.61. The summed E-state index contributed by atoms with van der Waals surface area (Å²) < 4.78 is 11.2. The van der Waals surface area contributed by atoms with Crippen LogP contribution in [0.25, 0.3) is 0 Å². The van der Waals surface area contributed by atoms with E-state index in [9.17, 15) is 5.11 Å². The van der Waals surface area contributed by atoms with Crippen LogP contribution < -0.4 is 14.8 Å². The number of rotatable bonds is 5. The number of benzene rings is 2. The minimum absolute atomic E-state index is 0.207. The molecule has 0 spiro atoms. The number of halogens is 1. The first-order valence-corrected chi connectivity index (χ1v) is 6.86. The lowest BCUT2D eigenvalue weighted by Crippen LogP contribution is -2.00. The SMILES string of the molecule is COc1cc(Br)cc(NCc2ccc(OC)cc2O)c1. The molecule has 2 rings (SSSR count). The third kappa shape index (κ3) is 3.57. The van der Waals surface area contributed by atoms with E-state index in [0.717, 1.165) is 21.5 Å². The predicted octanol–water partition coefficient (Wildman–Crippen LogP) is 3.78. The number of hydrogen-bond acceptors (Lipinski definition) is 4. The number of methoxy groups -OCH3 is 2. The van der Waals surface area contributed by atoms with Crippen LogP contribution in [0, 0.1) is 0 Å². The van der Waals surface area contributed by atoms with Crippen molar-refractivity contribution >= 4 is 21.6 Å². The van der Waals surface area contributed by atoms with Crippen molar-refractivity contribution in [1.82, 2.24) is 0 Å². The Morgan fingerprint density at radius 2 is 1.80 bits per heavy atom. The highest BCUT2D eigenvalue weighted by Crippen LogP contribution is 2.27. The monoisotopic (exact) mass is 337 g/mol. The van der Waals surface area contributed by atoms with E-state index in [0.29, 0.717) is 12.3 Å². The first kappa shape index (κ1) is 14.5. The average molecular weight is 338 g/mol. The summed E-state index contributed by atoms with van der Waals surface area (Å²) in [5, 5.41) is 13.1. The summed E-state index contributed by atoms with van der Waals surface area (Å²) >= 11 is 3.43. The van der Waals surface area contributed by atoms with Gasteiger partial charge in [-0.15, -0.1) is 0 Å². The molecule has 0 aliphatic carbocycles. The fourth-order valence-electron chi connectivity index (χ4n) is 1.80. The number of aromatic hydroxyl groups is 1. The molecule has 2 N–H and O–H groups in total. The summed E-state index contributed by atoms with van der Waals surface area (Å²) in [6.07, 6.45) is 0. The number of phenols is 1. The Balaban J connectivity index is 2.10. The van der Waals surface area contributed by atoms with Gasteiger partial charge in [0.15, 0.2) is 0 Å². The highest BCUT2D eigenvalue weighted by Gasteiger charge is 2.04. The number of anilines is 1. The van der Waals surface area contributed by atoms with Crippen LogP contribution in [0.5, 0.6) is 17.2 Å². The number of ether oxygens (including phenoxy) is 2. The standard InChI is InChI=1S/C15H16BrNO3/c1-19-13-4-3-10(15(18)8-13)9-17-12-5-11(16)6-14(7-12)20-2/h3-8,17-18H,9H2,1-2H3. The van der Waals surface area contributed by atoms with Crippen LogP contribution in [0.15, 0.2) is 40.9 Å². The molecule has 2 aromatic rings. The van der Waals surface area contributed by atoms with Crippen molar-refractivity contribution in [3.05, 3.63) is 46.4 Å². The lowest BCUT2D eigenvalue weighted by atomic mass is 10.2. The van der Waals surface area contributed by atoms with Crippen LogP contribution >= 0.6 is 15.9 Å². The lowest BCUT2D eigenvalue weighted by molar-refractivity contribution is 0.406. The van der Waals surface area contributed by atoms with E-state index < -0.39 is 0 Å². The third-order valence-corrected chi connectivity index (χ3v) is 3.34. The Morgan fingerprint density at radius 3 is 2.45 bits per heavy atom. The van der Waals surface area contributed by atoms with Gasteiger partial charge in [0.1, 0.15) is 17.2 Å². The number of nitrogens with one attached hydrogen (secondary N) is 1. The largest absolute Gasteiger partial charge is 0.507 e. The number of phenolic OH excluding ortho intramolecular Hbond substituents is 1. The van der Waals surface area contributed by atoms with Crippen LogP contribution in [-0.4, -0.2) is 19.3 Å². The van der Waals surface area contributed by atoms with Crippen molar-refractivity contribution in [3.8, 4) is 17.2 Å². The highest BCUT2D eigenvalue weighted by atomic mass is 79.9. The summed E-state index contributed by atoms with van der Waals surface area (Å²) in [5.41, 5.74) is 1.70. The van der Waals surface area contributed by atoms with Gasteiger partial charge >= 0.3 is 0 Å². The minimum atomic E-state index is 0.207. The molecule has 0 aromatic heterocycles. The Kier molecular flexibility index (Phi) is 4.74. The zero-order valence-electron chi connectivity index (χ0n) is 11.3. The second-order valence-electron chi connectivity index (χ2n) is 4.23. The quantitative estimate of drug-likeness (QED) is 0.871. The summed E-state index contributed by atoms with van der Waals surface area (Å²) in [6, 6.07) is 11.0. The molecule has 5 heteroatoms. The van der Waals surface area contributed by atoms with E-state index in [1.165, 1.54) is 0 Å². The fraction of sp³-hybridized carbons (Fsp3) is 0.200. The fourth-order valence-corrected chi connectivity index (χ4v) is 2.27. The molecular formula is C15H16BrNO3. The van der Waals surface area contributed by atoms with Gasteiger partial charge in [0, 0.05) is 34.4 Å². The molecule has 0 heterocycles. The van der Waals surface area contributed by atoms with Gasteiger partial charge < -0.3 is 19.9 Å². The van der Waals surface area contributed by atoms with E-state index in [1.54, 1.807) is 20.3 Å². The van der Waals surface area contributed by atoms with Gasteiger partial charge in [-0.1, -0.05) is 15.9 Å². The molecule has 0 saturated heterocycles. The van der Waals surface area contributed by atoms with Crippen LogP contribution in [-0.2, 0) is 6.54 Å². The van der Waals surface area contributed by atoms with E-state index in [1.807, 2.05) is 30.3 Å². The maximum atomic E-state index is 9.90. The Bertz CT molecular complexity index is 602. The van der Waals surface area contributed by atoms with E-state index in [2.05, 4.69) is 21.2 Å². The van der Waals surface area contributed by atoms with Crippen molar-refractivity contribution < 1.29 is 14.6 Å². The van der Waals surface area contributed by atoms with Gasteiger partial charge in [0.25, 0.3) is 0 Å². The third-order valence-electron chi connectivity index (χ3n) is 2.88. The smallest absolute Gasteiger partial charge is 0.124 e. The molecule has 0 atom stereocenters. The zero-order chi connectivity index (χ0) is 14.5. The van der Waals surface area contributed by atoms with Crippen molar-refractivity contribution in [2.75, 3.05) is 19.5 Å². The van der Waals surface area contributed by atoms with Crippen molar-refractivity contribution in [1.29, 1.82) is 0 Å². The molecule has 0 saturated carbocycles. The zero-order valence-corrected chi connectivity index (χ0v) is 12.9. The molecular weight excluding hydrogens is 322 g/mol. The minimum Gasteiger partial charge on any atom is -0.507 e. The predicted molar refractivity (Wildman–Crippen MR) is 82.7 cm³/mol. The molecule has 106 valence electrons. The molecule has 0 amide bonds. The molecule has 0 fully saturated rings. The first-order chi connectivity index (χ1) is 9.62. The van der Waals surface area contributed by atoms with Gasteiger partial charge in [0.2, 0.25) is 0 Å². The average Bonchev–Trinajstić information content (AvgIpc) is 2.45. The second kappa shape index (κ2) is 6.52. The molecule has 0 aliphatic heterocycles. The van der Waals surface area contributed by atoms with Crippen LogP contribution in [0.4, 0.5) is 5.69 Å². The molecule has 0 aliphatic rings. The van der Waals surface area contributed by atoms with Crippen molar-refractivity contribution in [2.24, 2.45) is 0 Å². The van der Waals surface area contributed by atoms with E-state index in [4.69, 9.17) is 9.47 Å². The Labute approximate surface area is 126 Å².